The van der Waals surface area contributed by atoms with E-state index in [0.29, 0.717) is 0 Å². The number of allylic oxidation sites excluding steroid dienone is 12. The Hall–Kier alpha value is -11.4. The number of aryl methyl sites for hydroxylation is 2. The van der Waals surface area contributed by atoms with Gasteiger partial charge in [0, 0.05) is 90.8 Å². The van der Waals surface area contributed by atoms with Crippen LogP contribution in [-0.4, -0.2) is 24.3 Å². The number of benzene rings is 10. The average molecular weight is 1260 g/mol. The first-order valence-electron chi connectivity index (χ1n) is 35.0. The van der Waals surface area contributed by atoms with Gasteiger partial charge in [-0.15, -0.1) is 0 Å². The van der Waals surface area contributed by atoms with Gasteiger partial charge in [0.1, 0.15) is 11.7 Å². The van der Waals surface area contributed by atoms with Crippen molar-refractivity contribution in [3.8, 4) is 33.4 Å². The van der Waals surface area contributed by atoms with Crippen LogP contribution in [-0.2, 0) is 4.74 Å². The van der Waals surface area contributed by atoms with Crippen LogP contribution < -0.4 is 19.6 Å². The molecule has 6 heterocycles. The molecule has 0 N–H and O–H groups in total. The van der Waals surface area contributed by atoms with Crippen molar-refractivity contribution in [2.24, 2.45) is 11.8 Å². The molecule has 10 aromatic carbocycles. The van der Waals surface area contributed by atoms with E-state index >= 15 is 0 Å². The minimum Gasteiger partial charge on any atom is -0.454 e. The highest BCUT2D eigenvalue weighted by molar-refractivity contribution is 6.14. The first-order valence-corrected chi connectivity index (χ1v) is 35.0. The van der Waals surface area contributed by atoms with Gasteiger partial charge in [-0.1, -0.05) is 237 Å². The summed E-state index contributed by atoms with van der Waals surface area (Å²) < 4.78 is 14.1. The van der Waals surface area contributed by atoms with E-state index in [1.54, 1.807) is 0 Å². The van der Waals surface area contributed by atoms with E-state index in [-0.39, 0.29) is 48.0 Å². The van der Waals surface area contributed by atoms with Crippen LogP contribution >= 0.6 is 0 Å². The van der Waals surface area contributed by atoms with Gasteiger partial charge >= 0.3 is 0 Å². The van der Waals surface area contributed by atoms with Gasteiger partial charge in [0.05, 0.1) is 40.9 Å². The van der Waals surface area contributed by atoms with Crippen LogP contribution in [0.25, 0.3) is 72.0 Å². The summed E-state index contributed by atoms with van der Waals surface area (Å²) in [5, 5.41) is 2.23. The van der Waals surface area contributed by atoms with Gasteiger partial charge in [0.2, 0.25) is 0 Å². The van der Waals surface area contributed by atoms with Crippen LogP contribution in [0.5, 0.6) is 0 Å². The Kier molecular flexibility index (Phi) is 12.3. The van der Waals surface area contributed by atoms with Gasteiger partial charge < -0.3 is 28.8 Å². The molecular formula is C92H68N4O2. The Labute approximate surface area is 571 Å². The highest BCUT2D eigenvalue weighted by Crippen LogP contribution is 2.70. The lowest BCUT2D eigenvalue weighted by atomic mass is 9.76. The third-order valence-electron chi connectivity index (χ3n) is 22.9. The summed E-state index contributed by atoms with van der Waals surface area (Å²) in [4.78, 5) is 10.6. The zero-order valence-corrected chi connectivity index (χ0v) is 54.5. The van der Waals surface area contributed by atoms with E-state index in [1.165, 1.54) is 112 Å². The molecule has 0 bridgehead atoms. The average Bonchev–Trinajstić information content (AvgIpc) is 1.49. The lowest BCUT2D eigenvalue weighted by molar-refractivity contribution is 0.0804. The summed E-state index contributed by atoms with van der Waals surface area (Å²) in [5.41, 5.74) is 34.0. The zero-order chi connectivity index (χ0) is 64.4. The van der Waals surface area contributed by atoms with Crippen molar-refractivity contribution in [1.82, 2.24) is 0 Å². The van der Waals surface area contributed by atoms with E-state index in [4.69, 9.17) is 9.15 Å². The van der Waals surface area contributed by atoms with Crippen LogP contribution in [0.4, 0.5) is 51.2 Å². The van der Waals surface area contributed by atoms with E-state index in [1.807, 2.05) is 0 Å². The summed E-state index contributed by atoms with van der Waals surface area (Å²) in [6.45, 7) is 4.52. The Bertz CT molecular complexity index is 5590. The maximum atomic E-state index is 7.18. The number of nitrogens with zero attached hydrogens (tertiary/aromatic N) is 4. The van der Waals surface area contributed by atoms with Gasteiger partial charge in [-0.25, -0.2) is 0 Å². The Morgan fingerprint density at radius 3 is 1.66 bits per heavy atom. The van der Waals surface area contributed by atoms with Crippen molar-refractivity contribution in [3.63, 3.8) is 0 Å². The van der Waals surface area contributed by atoms with E-state index in [2.05, 4.69) is 337 Å². The normalized spacial score (nSPS) is 22.4. The van der Waals surface area contributed by atoms with Gasteiger partial charge in [0.25, 0.3) is 0 Å². The van der Waals surface area contributed by atoms with Gasteiger partial charge in [-0.2, -0.15) is 0 Å². The molecule has 98 heavy (non-hydrogen) atoms. The molecule has 10 aliphatic rings. The molecule has 0 saturated carbocycles. The van der Waals surface area contributed by atoms with Crippen molar-refractivity contribution in [2.45, 2.75) is 62.8 Å². The molecule has 21 rings (SSSR count). The molecule has 0 spiro atoms. The van der Waals surface area contributed by atoms with Gasteiger partial charge in [0.15, 0.2) is 5.58 Å². The van der Waals surface area contributed by atoms with Crippen LogP contribution in [0.2, 0.25) is 0 Å². The molecule has 1 saturated heterocycles. The zero-order valence-electron chi connectivity index (χ0n) is 54.5. The second-order valence-corrected chi connectivity index (χ2v) is 28.0. The third-order valence-corrected chi connectivity index (χ3v) is 22.9. The minimum absolute atomic E-state index is 0.0163. The van der Waals surface area contributed by atoms with E-state index < -0.39 is 0 Å². The van der Waals surface area contributed by atoms with Crippen LogP contribution in [0.3, 0.4) is 0 Å². The minimum atomic E-state index is -0.139. The van der Waals surface area contributed by atoms with Crippen molar-refractivity contribution in [1.29, 1.82) is 0 Å². The molecule has 5 aliphatic heterocycles. The van der Waals surface area contributed by atoms with E-state index in [0.717, 1.165) is 68.9 Å². The molecule has 8 atom stereocenters. The smallest absolute Gasteiger partial charge is 0.159 e. The predicted octanol–water partition coefficient (Wildman–Crippen LogP) is 23.3. The molecule has 1 fully saturated rings. The van der Waals surface area contributed by atoms with Crippen LogP contribution in [0.15, 0.2) is 314 Å². The Balaban J connectivity index is 0.758. The number of rotatable bonds is 10. The van der Waals surface area contributed by atoms with Crippen molar-refractivity contribution >= 4 is 89.8 Å². The molecule has 1 aromatic heterocycles. The number of fused-ring (bicyclic) bond motifs is 18. The first-order chi connectivity index (χ1) is 48.5. The lowest BCUT2D eigenvalue weighted by Gasteiger charge is -2.36. The van der Waals surface area contributed by atoms with Crippen molar-refractivity contribution < 1.29 is 9.15 Å². The van der Waals surface area contributed by atoms with Gasteiger partial charge in [-0.05, 0) is 160 Å². The highest BCUT2D eigenvalue weighted by Gasteiger charge is 2.56. The molecule has 0 amide bonds. The number of hydrogen-bond acceptors (Lipinski definition) is 6. The second-order valence-electron chi connectivity index (χ2n) is 28.0. The van der Waals surface area contributed by atoms with Crippen molar-refractivity contribution in [2.75, 3.05) is 19.6 Å². The molecule has 5 aliphatic carbocycles. The quantitative estimate of drug-likeness (QED) is 0.136. The summed E-state index contributed by atoms with van der Waals surface area (Å²) in [6.07, 6.45) is 39.2. The maximum Gasteiger partial charge on any atom is 0.159 e. The fraction of sp³-hybridized carbons (Fsp3) is 0.130. The second kappa shape index (κ2) is 21.5. The monoisotopic (exact) mass is 1260 g/mol. The number of hydrogen-bond donors (Lipinski definition) is 0. The number of anilines is 9. The molecule has 6 heteroatoms. The fourth-order valence-electron chi connectivity index (χ4n) is 18.6. The Morgan fingerprint density at radius 2 is 1.00 bits per heavy atom. The first kappa shape index (κ1) is 55.8. The number of para-hydroxylation sites is 2. The molecule has 8 unspecified atom stereocenters. The van der Waals surface area contributed by atoms with Crippen LogP contribution in [0.1, 0.15) is 63.6 Å². The topological polar surface area (TPSA) is 35.3 Å². The molecule has 11 aromatic rings. The fourth-order valence-corrected chi connectivity index (χ4v) is 18.6. The van der Waals surface area contributed by atoms with Crippen LogP contribution in [0, 0.1) is 25.7 Å². The highest BCUT2D eigenvalue weighted by atomic mass is 16.5. The van der Waals surface area contributed by atoms with Crippen molar-refractivity contribution in [3.05, 3.63) is 348 Å². The predicted molar refractivity (Wildman–Crippen MR) is 405 cm³/mol. The number of furan rings is 1. The largest absolute Gasteiger partial charge is 0.454 e. The molecule has 0 radical (unpaired) electrons. The SMILES string of the molecule is Cc1ccc(-c2ccccc2)cc1N(C1=CC=CC2C1OC1C=CC=CC12)c1ccc2c(c1)C1=CC=CC3c4c(-c5ccccc5)c5c(c(-c6ccccc6)c4N2C13)C1C=CC=C2c3cc(N(c4cc(C6=CC=CCC6)ccc4C)c4cccc6c4oc4ccccc46)ccc3N5C21. The molecular weight excluding hydrogens is 1190 g/mol. The van der Waals surface area contributed by atoms with Gasteiger partial charge in [-0.3, -0.25) is 0 Å². The number of ether oxygens (including phenoxy) is 1. The lowest BCUT2D eigenvalue weighted by Crippen LogP contribution is -2.32. The third kappa shape index (κ3) is 8.07. The summed E-state index contributed by atoms with van der Waals surface area (Å²) in [7, 11) is 0. The molecule has 468 valence electrons. The maximum absolute atomic E-state index is 7.18. The standard InChI is InChI=1S/C92H68N4O2/c1-55-43-45-61(57-23-7-3-8-24-57)51-79(55)93(77-39-21-35-69-65-31-15-17-41-81(65)97-91(69)77)63-47-49-75-73(53-63)67-33-19-37-71-85-84(60-29-13-6-14-30-60)90-86(83(59-27-11-5-12-28-59)89(85)95(75)87(67)71)72-38-20-34-68-74-54-64(48-50-76(74)96(90)88(68)72)94(80-52-62(46-44-56(80)2)58-25-9-4-10-26-58)78-40-22-36-70-66-32-16-18-42-82(66)98-92(70)78/h3-9,11-25,27-54,65,69,71-72,81,87-88,91H,10,26H2,1-2H3. The molecule has 6 nitrogen and oxygen atoms in total. The Morgan fingerprint density at radius 1 is 0.429 bits per heavy atom. The summed E-state index contributed by atoms with van der Waals surface area (Å²) in [5.74, 6) is 0.553. The summed E-state index contributed by atoms with van der Waals surface area (Å²) in [6, 6.07) is 77.4. The summed E-state index contributed by atoms with van der Waals surface area (Å²) >= 11 is 0. The van der Waals surface area contributed by atoms with E-state index in [9.17, 15) is 0 Å².